The van der Waals surface area contributed by atoms with Crippen LogP contribution in [0.1, 0.15) is 25.3 Å². The summed E-state index contributed by atoms with van der Waals surface area (Å²) in [7, 11) is 2.43. The molecule has 9 nitrogen and oxygen atoms in total. The Balaban J connectivity index is 2.77. The van der Waals surface area contributed by atoms with Crippen molar-refractivity contribution < 1.29 is 28.7 Å². The van der Waals surface area contributed by atoms with Crippen LogP contribution in [0.5, 0.6) is 5.75 Å². The number of carbonyl (C=O) groups is 2. The zero-order valence-corrected chi connectivity index (χ0v) is 18.3. The van der Waals surface area contributed by atoms with E-state index in [2.05, 4.69) is 5.32 Å². The number of nitrogens with zero attached hydrogens (tertiary/aromatic N) is 1. The molecule has 1 aromatic rings. The third kappa shape index (κ3) is 5.24. The maximum atomic E-state index is 12.7. The molecule has 1 heterocycles. The summed E-state index contributed by atoms with van der Waals surface area (Å²) in [6.45, 7) is 3.44. The van der Waals surface area contributed by atoms with Gasteiger partial charge in [-0.25, -0.2) is 9.59 Å². The Morgan fingerprint density at radius 1 is 1.13 bits per heavy atom. The van der Waals surface area contributed by atoms with Crippen LogP contribution in [0.25, 0.3) is 0 Å². The average Bonchev–Trinajstić information content (AvgIpc) is 2.75. The minimum Gasteiger partial charge on any atom is -0.489 e. The highest BCUT2D eigenvalue weighted by molar-refractivity contribution is 6.18. The first-order chi connectivity index (χ1) is 14.8. The molecule has 2 rings (SSSR count). The lowest BCUT2D eigenvalue weighted by atomic mass is 9.80. The van der Waals surface area contributed by atoms with Gasteiger partial charge in [-0.1, -0.05) is 12.2 Å². The maximum Gasteiger partial charge on any atom is 0.336 e. The Morgan fingerprint density at radius 2 is 1.71 bits per heavy atom. The SMILES string of the molecule is COC(=O)C1=C(C)NC(C)=C(C(=O)OC)C1c1cc([N+](=O)[O-])ccc1OC/C=C\CCl. The summed E-state index contributed by atoms with van der Waals surface area (Å²) in [6, 6.07) is 4.00. The molecule has 0 saturated carbocycles. The van der Waals surface area contributed by atoms with Gasteiger partial charge in [-0.15, -0.1) is 11.6 Å². The Kier molecular flexibility index (Phi) is 8.21. The van der Waals surface area contributed by atoms with E-state index in [-0.39, 0.29) is 34.8 Å². The first kappa shape index (κ1) is 23.9. The second kappa shape index (κ2) is 10.6. The number of dihydropyridines is 1. The van der Waals surface area contributed by atoms with Crippen LogP contribution in [-0.4, -0.2) is 43.6 Å². The van der Waals surface area contributed by atoms with Gasteiger partial charge in [-0.3, -0.25) is 10.1 Å². The third-order valence-corrected chi connectivity index (χ3v) is 4.86. The topological polar surface area (TPSA) is 117 Å². The molecule has 31 heavy (non-hydrogen) atoms. The van der Waals surface area contributed by atoms with Gasteiger partial charge in [0.1, 0.15) is 12.4 Å². The summed E-state index contributed by atoms with van der Waals surface area (Å²) < 4.78 is 15.6. The predicted molar refractivity (Wildman–Crippen MR) is 114 cm³/mol. The number of methoxy groups -OCH3 is 2. The number of non-ortho nitro benzene ring substituents is 1. The van der Waals surface area contributed by atoms with Crippen LogP contribution >= 0.6 is 11.6 Å². The third-order valence-electron chi connectivity index (χ3n) is 4.68. The van der Waals surface area contributed by atoms with E-state index in [1.54, 1.807) is 26.0 Å². The molecule has 0 bridgehead atoms. The molecule has 0 aliphatic carbocycles. The highest BCUT2D eigenvalue weighted by atomic mass is 35.5. The quantitative estimate of drug-likeness (QED) is 0.211. The van der Waals surface area contributed by atoms with Crippen molar-refractivity contribution >= 4 is 29.2 Å². The molecular weight excluding hydrogens is 428 g/mol. The van der Waals surface area contributed by atoms with Gasteiger partial charge in [0.15, 0.2) is 0 Å². The number of ether oxygens (including phenoxy) is 3. The van der Waals surface area contributed by atoms with E-state index in [1.165, 1.54) is 32.4 Å². The molecule has 1 aromatic carbocycles. The summed E-state index contributed by atoms with van der Waals surface area (Å²) in [5, 5.41) is 14.4. The molecule has 10 heteroatoms. The molecule has 0 atom stereocenters. The number of nitro groups is 1. The highest BCUT2D eigenvalue weighted by Crippen LogP contribution is 2.43. The van der Waals surface area contributed by atoms with Gasteiger partial charge < -0.3 is 19.5 Å². The Hall–Kier alpha value is -3.33. The number of halogens is 1. The normalized spacial score (nSPS) is 14.5. The Labute approximate surface area is 184 Å². The summed E-state index contributed by atoms with van der Waals surface area (Å²) >= 11 is 5.62. The van der Waals surface area contributed by atoms with Crippen molar-refractivity contribution in [2.45, 2.75) is 19.8 Å². The smallest absolute Gasteiger partial charge is 0.336 e. The first-order valence-corrected chi connectivity index (χ1v) is 9.77. The molecule has 0 aromatic heterocycles. The van der Waals surface area contributed by atoms with Crippen molar-refractivity contribution in [3.63, 3.8) is 0 Å². The van der Waals surface area contributed by atoms with E-state index in [0.29, 0.717) is 17.3 Å². The number of rotatable bonds is 8. The lowest BCUT2D eigenvalue weighted by molar-refractivity contribution is -0.384. The van der Waals surface area contributed by atoms with Crippen LogP contribution in [0.2, 0.25) is 0 Å². The molecule has 1 aliphatic rings. The molecule has 1 aliphatic heterocycles. The number of nitro benzene ring substituents is 1. The minimum absolute atomic E-state index is 0.121. The lowest BCUT2D eigenvalue weighted by Gasteiger charge is -2.30. The number of nitrogens with one attached hydrogen (secondary N) is 1. The zero-order valence-electron chi connectivity index (χ0n) is 17.6. The van der Waals surface area contributed by atoms with Gasteiger partial charge >= 0.3 is 11.9 Å². The standard InChI is InChI=1S/C21H23ClN2O7/c1-12-17(20(25)29-3)19(18(13(2)23-12)21(26)30-4)15-11-14(24(27)28)7-8-16(15)31-10-6-5-9-22/h5-8,11,19,23H,9-10H2,1-4H3/b6-5-. The number of allylic oxidation sites excluding steroid dienone is 3. The van der Waals surface area contributed by atoms with Crippen LogP contribution in [0.4, 0.5) is 5.69 Å². The van der Waals surface area contributed by atoms with E-state index in [9.17, 15) is 19.7 Å². The lowest BCUT2D eigenvalue weighted by Crippen LogP contribution is -2.32. The zero-order chi connectivity index (χ0) is 23.1. The molecule has 0 amide bonds. The number of carbonyl (C=O) groups excluding carboxylic acids is 2. The fraction of sp³-hybridized carbons (Fsp3) is 0.333. The second-order valence-corrected chi connectivity index (χ2v) is 6.84. The van der Waals surface area contributed by atoms with Crippen molar-refractivity contribution in [2.75, 3.05) is 26.7 Å². The van der Waals surface area contributed by atoms with Crippen LogP contribution in [0.15, 0.2) is 52.9 Å². The van der Waals surface area contributed by atoms with Gasteiger partial charge in [0, 0.05) is 35.0 Å². The summed E-state index contributed by atoms with van der Waals surface area (Å²) in [5.41, 5.74) is 1.17. The van der Waals surface area contributed by atoms with Crippen LogP contribution in [0.3, 0.4) is 0 Å². The predicted octanol–water partition coefficient (Wildman–Crippen LogP) is 3.35. The van der Waals surface area contributed by atoms with Crippen LogP contribution in [0, 0.1) is 10.1 Å². The van der Waals surface area contributed by atoms with E-state index in [0.717, 1.165) is 0 Å². The number of hydrogen-bond donors (Lipinski definition) is 1. The van der Waals surface area contributed by atoms with Crippen LogP contribution < -0.4 is 10.1 Å². The van der Waals surface area contributed by atoms with E-state index in [1.807, 2.05) is 0 Å². The summed E-state index contributed by atoms with van der Waals surface area (Å²) in [4.78, 5) is 36.2. The Morgan fingerprint density at radius 3 is 2.19 bits per heavy atom. The summed E-state index contributed by atoms with van der Waals surface area (Å²) in [6.07, 6.45) is 3.37. The van der Waals surface area contributed by atoms with Gasteiger partial charge in [0.05, 0.1) is 36.2 Å². The molecule has 1 N–H and O–H groups in total. The fourth-order valence-electron chi connectivity index (χ4n) is 3.34. The number of alkyl halides is 1. The highest BCUT2D eigenvalue weighted by Gasteiger charge is 2.39. The maximum absolute atomic E-state index is 12.7. The molecule has 0 spiro atoms. The van der Waals surface area contributed by atoms with Gasteiger partial charge in [-0.2, -0.15) is 0 Å². The van der Waals surface area contributed by atoms with Gasteiger partial charge in [-0.05, 0) is 19.9 Å². The fourth-order valence-corrected chi connectivity index (χ4v) is 3.47. The first-order valence-electron chi connectivity index (χ1n) is 9.24. The molecule has 0 fully saturated rings. The van der Waals surface area contributed by atoms with Crippen molar-refractivity contribution in [3.05, 3.63) is 68.6 Å². The van der Waals surface area contributed by atoms with E-state index >= 15 is 0 Å². The van der Waals surface area contributed by atoms with Crippen molar-refractivity contribution in [1.29, 1.82) is 0 Å². The monoisotopic (exact) mass is 450 g/mol. The summed E-state index contributed by atoms with van der Waals surface area (Å²) in [5.74, 6) is -1.83. The van der Waals surface area contributed by atoms with E-state index < -0.39 is 22.8 Å². The van der Waals surface area contributed by atoms with Crippen molar-refractivity contribution in [2.24, 2.45) is 0 Å². The number of esters is 2. The molecule has 0 radical (unpaired) electrons. The van der Waals surface area contributed by atoms with E-state index in [4.69, 9.17) is 25.8 Å². The number of benzene rings is 1. The van der Waals surface area contributed by atoms with Gasteiger partial charge in [0.25, 0.3) is 5.69 Å². The van der Waals surface area contributed by atoms with Crippen LogP contribution in [-0.2, 0) is 19.1 Å². The Bertz CT molecular complexity index is 944. The molecule has 0 saturated heterocycles. The van der Waals surface area contributed by atoms with Crippen molar-refractivity contribution in [1.82, 2.24) is 5.32 Å². The number of hydrogen-bond acceptors (Lipinski definition) is 8. The van der Waals surface area contributed by atoms with Crippen molar-refractivity contribution in [3.8, 4) is 5.75 Å². The second-order valence-electron chi connectivity index (χ2n) is 6.53. The molecule has 0 unspecified atom stereocenters. The molecule has 166 valence electrons. The largest absolute Gasteiger partial charge is 0.489 e. The minimum atomic E-state index is -1.01. The van der Waals surface area contributed by atoms with Gasteiger partial charge in [0.2, 0.25) is 0 Å². The average molecular weight is 451 g/mol. The molecular formula is C21H23ClN2O7.